The van der Waals surface area contributed by atoms with Gasteiger partial charge < -0.3 is 4.74 Å². The van der Waals surface area contributed by atoms with Gasteiger partial charge in [0, 0.05) is 12.3 Å². The van der Waals surface area contributed by atoms with Gasteiger partial charge in [-0.15, -0.1) is 0 Å². The molecule has 2 nitrogen and oxygen atoms in total. The average Bonchev–Trinajstić information content (AvgIpc) is 2.72. The van der Waals surface area contributed by atoms with Crippen LogP contribution >= 0.6 is 0 Å². The number of allylic oxidation sites excluding steroid dienone is 2. The molecule has 0 bridgehead atoms. The average molecular weight is 469 g/mol. The lowest BCUT2D eigenvalue weighted by Gasteiger charge is -2.71. The molecule has 0 spiro atoms. The number of ether oxygens (including phenoxy) is 1. The predicted octanol–water partition coefficient (Wildman–Crippen LogP) is 8.74. The molecule has 0 aromatic carbocycles. The summed E-state index contributed by atoms with van der Waals surface area (Å²) in [4.78, 5) is 11.9. The third kappa shape index (κ3) is 3.21. The second kappa shape index (κ2) is 7.38. The van der Waals surface area contributed by atoms with Gasteiger partial charge in [0.05, 0.1) is 0 Å². The molecule has 0 saturated heterocycles. The zero-order valence-corrected chi connectivity index (χ0v) is 23.8. The number of esters is 1. The van der Waals surface area contributed by atoms with Gasteiger partial charge in [0.25, 0.3) is 0 Å². The highest BCUT2D eigenvalue weighted by Gasteiger charge is 2.68. The first-order valence-electron chi connectivity index (χ1n) is 14.5. The fourth-order valence-electron chi connectivity index (χ4n) is 10.9. The first kappa shape index (κ1) is 24.9. The minimum Gasteiger partial charge on any atom is -0.462 e. The minimum atomic E-state index is -0.110. The van der Waals surface area contributed by atoms with Crippen molar-refractivity contribution in [1.82, 2.24) is 0 Å². The Morgan fingerprint density at radius 3 is 2.21 bits per heavy atom. The predicted molar refractivity (Wildman–Crippen MR) is 140 cm³/mol. The summed E-state index contributed by atoms with van der Waals surface area (Å²) in [5, 5.41) is 0. The number of carbonyl (C=O) groups is 1. The summed E-state index contributed by atoms with van der Waals surface area (Å²) in [6.45, 7) is 22.0. The Bertz CT molecular complexity index is 897. The molecule has 192 valence electrons. The molecule has 4 saturated carbocycles. The van der Waals surface area contributed by atoms with Crippen molar-refractivity contribution in [3.05, 3.63) is 11.6 Å². The van der Waals surface area contributed by atoms with Crippen molar-refractivity contribution in [1.29, 1.82) is 0 Å². The smallest absolute Gasteiger partial charge is 0.302 e. The maximum absolute atomic E-state index is 11.9. The molecule has 0 aliphatic heterocycles. The molecule has 5 aliphatic rings. The zero-order valence-electron chi connectivity index (χ0n) is 23.8. The summed E-state index contributed by atoms with van der Waals surface area (Å²) in [5.41, 5.74) is 3.92. The van der Waals surface area contributed by atoms with Gasteiger partial charge in [-0.1, -0.05) is 67.0 Å². The molecule has 34 heavy (non-hydrogen) atoms. The van der Waals surface area contributed by atoms with Crippen LogP contribution in [0.1, 0.15) is 127 Å². The van der Waals surface area contributed by atoms with E-state index in [4.69, 9.17) is 4.74 Å². The number of hydrogen-bond donors (Lipinski definition) is 0. The molecule has 4 fully saturated rings. The zero-order chi connectivity index (χ0) is 24.9. The number of fused-ring (bicyclic) bond motifs is 7. The summed E-state index contributed by atoms with van der Waals surface area (Å²) in [6, 6.07) is 0. The first-order chi connectivity index (χ1) is 15.6. The van der Waals surface area contributed by atoms with Gasteiger partial charge in [-0.25, -0.2) is 0 Å². The van der Waals surface area contributed by atoms with Crippen LogP contribution < -0.4 is 0 Å². The van der Waals surface area contributed by atoms with E-state index in [1.807, 2.05) is 5.57 Å². The van der Waals surface area contributed by atoms with Crippen LogP contribution in [-0.2, 0) is 9.53 Å². The summed E-state index contributed by atoms with van der Waals surface area (Å²) >= 11 is 0. The van der Waals surface area contributed by atoms with Gasteiger partial charge in [0.2, 0.25) is 0 Å². The van der Waals surface area contributed by atoms with Crippen molar-refractivity contribution in [2.75, 3.05) is 0 Å². The van der Waals surface area contributed by atoms with Gasteiger partial charge in [0.1, 0.15) is 6.10 Å². The normalized spacial score (nSPS) is 51.1. The van der Waals surface area contributed by atoms with Crippen LogP contribution in [0.5, 0.6) is 0 Å². The Kier molecular flexibility index (Phi) is 5.40. The van der Waals surface area contributed by atoms with Crippen LogP contribution in [0.25, 0.3) is 0 Å². The highest BCUT2D eigenvalue weighted by Crippen LogP contribution is 2.75. The van der Waals surface area contributed by atoms with Crippen LogP contribution in [0.2, 0.25) is 0 Å². The number of hydrogen-bond acceptors (Lipinski definition) is 2. The van der Waals surface area contributed by atoms with E-state index in [2.05, 4.69) is 61.5 Å². The Labute approximate surface area is 210 Å². The second-order valence-electron chi connectivity index (χ2n) is 15.8. The third-order valence-electron chi connectivity index (χ3n) is 13.3. The SMILES string of the molecule is CC(=O)O[C@H]1CC[C@@]2(C)[C@H](CC[C@]3(C)[C@H]2CC=C2[C@@H]4CC(C)(C)CC[C@]4(C)CC[C@]23C)C1(C)C. The largest absolute Gasteiger partial charge is 0.462 e. The minimum absolute atomic E-state index is 0.0451. The van der Waals surface area contributed by atoms with E-state index in [1.165, 1.54) is 57.8 Å². The standard InChI is InChI=1S/C32H52O2/c1-21(33)34-26-13-14-30(7)24(28(26,4)5)12-15-32(9)25(30)11-10-22-23-20-27(2,3)16-17-29(23,6)18-19-31(22,32)8/h10,23-26H,11-20H2,1-9H3/t23-,24+,25-,26-,29+,30-,31+,32+/m0/s1. The van der Waals surface area contributed by atoms with E-state index in [1.54, 1.807) is 6.92 Å². The van der Waals surface area contributed by atoms with E-state index < -0.39 is 0 Å². The quantitative estimate of drug-likeness (QED) is 0.284. The van der Waals surface area contributed by atoms with Crippen LogP contribution in [-0.4, -0.2) is 12.1 Å². The highest BCUT2D eigenvalue weighted by atomic mass is 16.5. The van der Waals surface area contributed by atoms with Gasteiger partial charge in [-0.2, -0.15) is 0 Å². The van der Waals surface area contributed by atoms with Crippen molar-refractivity contribution in [2.24, 2.45) is 50.2 Å². The van der Waals surface area contributed by atoms with E-state index in [0.29, 0.717) is 33.0 Å². The molecule has 2 heteroatoms. The molecular formula is C32H52O2. The third-order valence-corrected chi connectivity index (χ3v) is 13.3. The Hall–Kier alpha value is -0.790. The summed E-state index contributed by atoms with van der Waals surface area (Å²) < 4.78 is 5.91. The van der Waals surface area contributed by atoms with Crippen molar-refractivity contribution in [3.8, 4) is 0 Å². The maximum atomic E-state index is 11.9. The summed E-state index contributed by atoms with van der Waals surface area (Å²) in [5.74, 6) is 2.01. The van der Waals surface area contributed by atoms with Crippen molar-refractivity contribution < 1.29 is 9.53 Å². The van der Waals surface area contributed by atoms with Gasteiger partial charge >= 0.3 is 5.97 Å². The fraction of sp³-hybridized carbons (Fsp3) is 0.906. The monoisotopic (exact) mass is 468 g/mol. The van der Waals surface area contributed by atoms with Crippen LogP contribution in [0.4, 0.5) is 0 Å². The van der Waals surface area contributed by atoms with Crippen molar-refractivity contribution >= 4 is 5.97 Å². The lowest BCUT2D eigenvalue weighted by Crippen LogP contribution is -2.64. The Morgan fingerprint density at radius 2 is 1.53 bits per heavy atom. The lowest BCUT2D eigenvalue weighted by atomic mass is 9.33. The first-order valence-corrected chi connectivity index (χ1v) is 14.5. The van der Waals surface area contributed by atoms with Crippen molar-refractivity contribution in [2.45, 2.75) is 133 Å². The van der Waals surface area contributed by atoms with Crippen molar-refractivity contribution in [3.63, 3.8) is 0 Å². The molecule has 5 aliphatic carbocycles. The maximum Gasteiger partial charge on any atom is 0.302 e. The van der Waals surface area contributed by atoms with Gasteiger partial charge in [-0.05, 0) is 109 Å². The van der Waals surface area contributed by atoms with Crippen LogP contribution in [0.3, 0.4) is 0 Å². The molecule has 0 aromatic heterocycles. The second-order valence-corrected chi connectivity index (χ2v) is 15.8. The number of carbonyl (C=O) groups excluding carboxylic acids is 1. The highest BCUT2D eigenvalue weighted by molar-refractivity contribution is 5.66. The van der Waals surface area contributed by atoms with Gasteiger partial charge in [-0.3, -0.25) is 4.79 Å². The summed E-state index contributed by atoms with van der Waals surface area (Å²) in [6.07, 6.45) is 15.9. The molecule has 0 radical (unpaired) electrons. The van der Waals surface area contributed by atoms with Crippen LogP contribution in [0.15, 0.2) is 11.6 Å². The molecular weight excluding hydrogens is 416 g/mol. The van der Waals surface area contributed by atoms with Gasteiger partial charge in [0.15, 0.2) is 0 Å². The molecule has 0 amide bonds. The van der Waals surface area contributed by atoms with E-state index in [9.17, 15) is 4.79 Å². The molecule has 5 rings (SSSR count). The van der Waals surface area contributed by atoms with E-state index in [0.717, 1.165) is 18.3 Å². The molecule has 8 atom stereocenters. The van der Waals surface area contributed by atoms with Crippen LogP contribution in [0, 0.1) is 50.2 Å². The molecule has 0 aromatic rings. The molecule has 0 heterocycles. The van der Waals surface area contributed by atoms with E-state index >= 15 is 0 Å². The number of rotatable bonds is 1. The fourth-order valence-corrected chi connectivity index (χ4v) is 10.9. The topological polar surface area (TPSA) is 26.3 Å². The summed E-state index contributed by atoms with van der Waals surface area (Å²) in [7, 11) is 0. The Balaban J connectivity index is 1.53. The molecule has 0 unspecified atom stereocenters. The molecule has 0 N–H and O–H groups in total. The lowest BCUT2D eigenvalue weighted by molar-refractivity contribution is -0.211. The van der Waals surface area contributed by atoms with E-state index in [-0.39, 0.29) is 17.5 Å². The Morgan fingerprint density at radius 1 is 0.853 bits per heavy atom.